The molecule has 1 aromatic carbocycles. The predicted octanol–water partition coefficient (Wildman–Crippen LogP) is 2.26. The highest BCUT2D eigenvalue weighted by Gasteiger charge is 2.31. The monoisotopic (exact) mass is 390 g/mol. The van der Waals surface area contributed by atoms with Gasteiger partial charge in [0.25, 0.3) is 0 Å². The van der Waals surface area contributed by atoms with E-state index in [2.05, 4.69) is 29.4 Å². The number of anilines is 1. The summed E-state index contributed by atoms with van der Waals surface area (Å²) in [6, 6.07) is 7.29. The molecular weight excluding hydrogens is 360 g/mol. The van der Waals surface area contributed by atoms with Gasteiger partial charge in [0.15, 0.2) is 0 Å². The van der Waals surface area contributed by atoms with E-state index in [4.69, 9.17) is 9.47 Å². The summed E-state index contributed by atoms with van der Waals surface area (Å²) in [6.07, 6.45) is 0.646. The van der Waals surface area contributed by atoms with Crippen molar-refractivity contribution in [1.29, 1.82) is 0 Å². The van der Waals surface area contributed by atoms with Crippen molar-refractivity contribution in [3.05, 3.63) is 29.8 Å². The molecule has 3 amide bonds. The Morgan fingerprint density at radius 2 is 2.00 bits per heavy atom. The molecule has 0 unspecified atom stereocenters. The highest BCUT2D eigenvalue weighted by atomic mass is 16.6. The number of ether oxygens (including phenoxy) is 2. The largest absolute Gasteiger partial charge is 0.448 e. The van der Waals surface area contributed by atoms with E-state index >= 15 is 0 Å². The molecule has 1 aromatic rings. The summed E-state index contributed by atoms with van der Waals surface area (Å²) in [5.74, 6) is 0. The Morgan fingerprint density at radius 3 is 2.68 bits per heavy atom. The Hall–Kier alpha value is -2.32. The quantitative estimate of drug-likeness (QED) is 0.746. The van der Waals surface area contributed by atoms with E-state index < -0.39 is 0 Å². The van der Waals surface area contributed by atoms with Crippen molar-refractivity contribution in [2.75, 3.05) is 51.3 Å². The molecule has 2 fully saturated rings. The van der Waals surface area contributed by atoms with Gasteiger partial charge in [-0.1, -0.05) is 19.1 Å². The molecule has 2 aliphatic heterocycles. The minimum absolute atomic E-state index is 0.0981. The number of hydrogen-bond acceptors (Lipinski definition) is 5. The third-order valence-electron chi connectivity index (χ3n) is 5.57. The molecule has 0 aromatic heterocycles. The number of hydrogen-bond donors (Lipinski definition) is 2. The number of benzene rings is 1. The first-order valence-corrected chi connectivity index (χ1v) is 9.88. The summed E-state index contributed by atoms with van der Waals surface area (Å²) in [5, 5.41) is 5.89. The summed E-state index contributed by atoms with van der Waals surface area (Å²) in [5.41, 5.74) is 1.55. The highest BCUT2D eigenvalue weighted by molar-refractivity contribution is 5.89. The Balaban J connectivity index is 1.52. The molecular formula is C20H30N4O4. The summed E-state index contributed by atoms with van der Waals surface area (Å²) in [6.45, 7) is 9.61. The molecule has 3 rings (SSSR count). The van der Waals surface area contributed by atoms with Gasteiger partial charge in [0, 0.05) is 37.4 Å². The topological polar surface area (TPSA) is 83.1 Å². The van der Waals surface area contributed by atoms with Gasteiger partial charge in [0.2, 0.25) is 0 Å². The van der Waals surface area contributed by atoms with E-state index in [1.807, 2.05) is 24.3 Å². The average molecular weight is 390 g/mol. The van der Waals surface area contributed by atoms with Crippen LogP contribution in [0.15, 0.2) is 24.3 Å². The summed E-state index contributed by atoms with van der Waals surface area (Å²) >= 11 is 0. The van der Waals surface area contributed by atoms with Gasteiger partial charge in [-0.15, -0.1) is 0 Å². The second-order valence-electron chi connectivity index (χ2n) is 7.49. The van der Waals surface area contributed by atoms with E-state index in [0.717, 1.165) is 38.3 Å². The van der Waals surface area contributed by atoms with Gasteiger partial charge < -0.3 is 25.0 Å². The van der Waals surface area contributed by atoms with Gasteiger partial charge in [0.05, 0.1) is 19.8 Å². The molecule has 8 heteroatoms. The molecule has 2 saturated heterocycles. The van der Waals surface area contributed by atoms with Gasteiger partial charge in [0.1, 0.15) is 6.61 Å². The van der Waals surface area contributed by atoms with Crippen LogP contribution < -0.4 is 10.6 Å². The number of cyclic esters (lactones) is 1. The van der Waals surface area contributed by atoms with Crippen LogP contribution in [0.25, 0.3) is 0 Å². The molecule has 28 heavy (non-hydrogen) atoms. The zero-order chi connectivity index (χ0) is 20.0. The van der Waals surface area contributed by atoms with Crippen LogP contribution in [0.5, 0.6) is 0 Å². The number of morpholine rings is 1. The van der Waals surface area contributed by atoms with Crippen LogP contribution in [0, 0.1) is 0 Å². The zero-order valence-corrected chi connectivity index (χ0v) is 16.7. The van der Waals surface area contributed by atoms with Crippen molar-refractivity contribution in [2.24, 2.45) is 0 Å². The molecule has 154 valence electrons. The molecule has 1 atom stereocenters. The Bertz CT molecular complexity index is 693. The Labute approximate surface area is 166 Å². The van der Waals surface area contributed by atoms with Crippen LogP contribution in [-0.4, -0.2) is 73.5 Å². The first-order chi connectivity index (χ1) is 13.5. The van der Waals surface area contributed by atoms with E-state index in [1.165, 1.54) is 0 Å². The molecule has 0 spiro atoms. The maximum Gasteiger partial charge on any atom is 0.410 e. The molecule has 2 aliphatic rings. The first kappa shape index (κ1) is 20.4. The Morgan fingerprint density at radius 1 is 1.21 bits per heavy atom. The number of carbonyl (C=O) groups excluding carboxylic acids is 2. The lowest BCUT2D eigenvalue weighted by Crippen LogP contribution is -2.57. The number of nitrogens with zero attached hydrogens (tertiary/aromatic N) is 2. The van der Waals surface area contributed by atoms with Crippen LogP contribution in [0.2, 0.25) is 0 Å². The fourth-order valence-corrected chi connectivity index (χ4v) is 3.55. The summed E-state index contributed by atoms with van der Waals surface area (Å²) in [4.78, 5) is 28.0. The van der Waals surface area contributed by atoms with E-state index in [-0.39, 0.29) is 17.7 Å². The van der Waals surface area contributed by atoms with Gasteiger partial charge >= 0.3 is 12.1 Å². The fraction of sp³-hybridized carbons (Fsp3) is 0.600. The minimum Gasteiger partial charge on any atom is -0.448 e. The van der Waals surface area contributed by atoms with Crippen LogP contribution in [0.3, 0.4) is 0 Å². The highest BCUT2D eigenvalue weighted by Crippen LogP contribution is 2.20. The molecule has 8 nitrogen and oxygen atoms in total. The average Bonchev–Trinajstić information content (AvgIpc) is 3.11. The second kappa shape index (κ2) is 9.25. The third-order valence-corrected chi connectivity index (χ3v) is 5.57. The smallest absolute Gasteiger partial charge is 0.410 e. The normalized spacial score (nSPS) is 19.8. The van der Waals surface area contributed by atoms with Gasteiger partial charge in [-0.2, -0.15) is 0 Å². The molecule has 2 heterocycles. The van der Waals surface area contributed by atoms with Crippen LogP contribution in [0.1, 0.15) is 25.8 Å². The number of amides is 3. The molecule has 0 bridgehead atoms. The number of rotatable bonds is 7. The zero-order valence-electron chi connectivity index (χ0n) is 16.7. The fourth-order valence-electron chi connectivity index (χ4n) is 3.55. The molecule has 2 N–H and O–H groups in total. The van der Waals surface area contributed by atoms with Gasteiger partial charge in [-0.25, -0.2) is 9.59 Å². The number of nitrogens with one attached hydrogen (secondary N) is 2. The Kier molecular flexibility index (Phi) is 6.74. The van der Waals surface area contributed by atoms with Crippen molar-refractivity contribution in [3.63, 3.8) is 0 Å². The molecule has 0 aliphatic carbocycles. The lowest BCUT2D eigenvalue weighted by molar-refractivity contribution is -0.0163. The van der Waals surface area contributed by atoms with E-state index in [0.29, 0.717) is 31.9 Å². The maximum absolute atomic E-state index is 12.4. The lowest BCUT2D eigenvalue weighted by atomic mass is 9.95. The lowest BCUT2D eigenvalue weighted by Gasteiger charge is -2.43. The predicted molar refractivity (Wildman–Crippen MR) is 106 cm³/mol. The van der Waals surface area contributed by atoms with Crippen molar-refractivity contribution >= 4 is 17.8 Å². The van der Waals surface area contributed by atoms with E-state index in [9.17, 15) is 9.59 Å². The van der Waals surface area contributed by atoms with Crippen molar-refractivity contribution in [2.45, 2.75) is 32.4 Å². The van der Waals surface area contributed by atoms with E-state index in [1.54, 1.807) is 4.90 Å². The van der Waals surface area contributed by atoms with Crippen LogP contribution in [-0.2, 0) is 16.0 Å². The van der Waals surface area contributed by atoms with Crippen molar-refractivity contribution < 1.29 is 19.1 Å². The second-order valence-corrected chi connectivity index (χ2v) is 7.49. The minimum atomic E-state index is -0.293. The number of carbonyl (C=O) groups is 2. The maximum atomic E-state index is 12.4. The molecule has 0 radical (unpaired) electrons. The van der Waals surface area contributed by atoms with Gasteiger partial charge in [-0.3, -0.25) is 4.90 Å². The van der Waals surface area contributed by atoms with Crippen molar-refractivity contribution in [3.8, 4) is 0 Å². The third kappa shape index (κ3) is 5.14. The SMILES string of the molecule is CC[C@](C)(CNC(=O)Nc1cccc(CN2CCOC2=O)c1)N1CCOCC1. The summed E-state index contributed by atoms with van der Waals surface area (Å²) < 4.78 is 10.4. The number of urea groups is 1. The van der Waals surface area contributed by atoms with Crippen LogP contribution in [0.4, 0.5) is 15.3 Å². The van der Waals surface area contributed by atoms with Crippen LogP contribution >= 0.6 is 0 Å². The van der Waals surface area contributed by atoms with Gasteiger partial charge in [-0.05, 0) is 31.0 Å². The standard InChI is InChI=1S/C20H30N4O4/c1-3-20(2,24-8-10-27-11-9-24)15-21-18(25)22-17-6-4-5-16(13-17)14-23-7-12-28-19(23)26/h4-6,13H,3,7-12,14-15H2,1-2H3,(H2,21,22,25)/t20-/m1/s1. The first-order valence-electron chi connectivity index (χ1n) is 9.88. The summed E-state index contributed by atoms with van der Waals surface area (Å²) in [7, 11) is 0. The van der Waals surface area contributed by atoms with Crippen molar-refractivity contribution in [1.82, 2.24) is 15.1 Å². The molecule has 0 saturated carbocycles.